The average molecular weight is 370 g/mol. The van der Waals surface area contributed by atoms with E-state index in [9.17, 15) is 18.4 Å². The van der Waals surface area contributed by atoms with Gasteiger partial charge >= 0.3 is 12.6 Å². The van der Waals surface area contributed by atoms with Crippen molar-refractivity contribution < 1.29 is 27.8 Å². The first kappa shape index (κ1) is 18.7. The molecule has 0 aliphatic heterocycles. The minimum Gasteiger partial charge on any atom is -0.452 e. The number of alkyl halides is 2. The SMILES string of the molecule is O=C(COC(=O)c1ccc(OC(F)F)cc1)NCc1cccc(Cl)c1. The van der Waals surface area contributed by atoms with Gasteiger partial charge in [-0.05, 0) is 42.0 Å². The number of esters is 1. The van der Waals surface area contributed by atoms with Gasteiger partial charge in [-0.15, -0.1) is 0 Å². The van der Waals surface area contributed by atoms with Crippen LogP contribution >= 0.6 is 11.6 Å². The number of benzene rings is 2. The Balaban J connectivity index is 1.78. The second-order valence-corrected chi connectivity index (χ2v) is 5.32. The molecule has 0 atom stereocenters. The van der Waals surface area contributed by atoms with Crippen molar-refractivity contribution in [3.8, 4) is 5.75 Å². The molecule has 1 N–H and O–H groups in total. The minimum absolute atomic E-state index is 0.0779. The normalized spacial score (nSPS) is 10.4. The number of carbonyl (C=O) groups is 2. The summed E-state index contributed by atoms with van der Waals surface area (Å²) in [5.74, 6) is -1.31. The Morgan fingerprint density at radius 1 is 1.12 bits per heavy atom. The summed E-state index contributed by atoms with van der Waals surface area (Å²) in [5, 5.41) is 3.14. The molecule has 0 radical (unpaired) electrons. The van der Waals surface area contributed by atoms with E-state index in [1.54, 1.807) is 24.3 Å². The zero-order chi connectivity index (χ0) is 18.2. The molecule has 0 bridgehead atoms. The molecule has 0 fully saturated rings. The number of halogens is 3. The summed E-state index contributed by atoms with van der Waals surface area (Å²) in [7, 11) is 0. The highest BCUT2D eigenvalue weighted by molar-refractivity contribution is 6.30. The highest BCUT2D eigenvalue weighted by Crippen LogP contribution is 2.15. The molecule has 0 aliphatic carbocycles. The maximum Gasteiger partial charge on any atom is 0.387 e. The fraction of sp³-hybridized carbons (Fsp3) is 0.176. The Hall–Kier alpha value is -2.67. The molecule has 0 heterocycles. The number of rotatable bonds is 7. The first-order valence-corrected chi connectivity index (χ1v) is 7.55. The van der Waals surface area contributed by atoms with Gasteiger partial charge in [-0.25, -0.2) is 4.79 Å². The van der Waals surface area contributed by atoms with Crippen LogP contribution in [0.1, 0.15) is 15.9 Å². The van der Waals surface area contributed by atoms with Crippen molar-refractivity contribution in [2.45, 2.75) is 13.2 Å². The molecule has 0 spiro atoms. The summed E-state index contributed by atoms with van der Waals surface area (Å²) in [6.45, 7) is -3.16. The Morgan fingerprint density at radius 3 is 2.48 bits per heavy atom. The smallest absolute Gasteiger partial charge is 0.387 e. The van der Waals surface area contributed by atoms with Crippen LogP contribution in [0.5, 0.6) is 5.75 Å². The maximum atomic E-state index is 12.0. The van der Waals surface area contributed by atoms with Gasteiger partial charge in [0.2, 0.25) is 0 Å². The third kappa shape index (κ3) is 6.39. The summed E-state index contributed by atoms with van der Waals surface area (Å²) in [6, 6.07) is 11.9. The van der Waals surface area contributed by atoms with E-state index in [1.165, 1.54) is 24.3 Å². The second-order valence-electron chi connectivity index (χ2n) is 4.89. The fourth-order valence-electron chi connectivity index (χ4n) is 1.89. The van der Waals surface area contributed by atoms with Crippen LogP contribution in [0.3, 0.4) is 0 Å². The molecule has 0 saturated carbocycles. The lowest BCUT2D eigenvalue weighted by Gasteiger charge is -2.08. The molecule has 2 aromatic rings. The average Bonchev–Trinajstić information content (AvgIpc) is 2.58. The lowest BCUT2D eigenvalue weighted by molar-refractivity contribution is -0.124. The minimum atomic E-state index is -2.94. The number of nitrogens with one attached hydrogen (secondary N) is 1. The Labute approximate surface area is 147 Å². The van der Waals surface area contributed by atoms with Crippen molar-refractivity contribution >= 4 is 23.5 Å². The Morgan fingerprint density at radius 2 is 1.84 bits per heavy atom. The second kappa shape index (κ2) is 8.98. The molecule has 0 aromatic heterocycles. The van der Waals surface area contributed by atoms with Gasteiger partial charge in [0.25, 0.3) is 5.91 Å². The predicted octanol–water partition coefficient (Wildman–Crippen LogP) is 3.41. The largest absolute Gasteiger partial charge is 0.452 e. The van der Waals surface area contributed by atoms with Crippen molar-refractivity contribution in [1.82, 2.24) is 5.32 Å². The van der Waals surface area contributed by atoms with Crippen LogP contribution < -0.4 is 10.1 Å². The van der Waals surface area contributed by atoms with Crippen molar-refractivity contribution in [2.75, 3.05) is 6.61 Å². The molecule has 0 aliphatic rings. The zero-order valence-electron chi connectivity index (χ0n) is 12.9. The van der Waals surface area contributed by atoms with Crippen LogP contribution in [0.15, 0.2) is 48.5 Å². The maximum absolute atomic E-state index is 12.0. The number of hydrogen-bond donors (Lipinski definition) is 1. The van der Waals surface area contributed by atoms with Crippen LogP contribution in [0, 0.1) is 0 Å². The van der Waals surface area contributed by atoms with Crippen molar-refractivity contribution in [3.05, 3.63) is 64.7 Å². The van der Waals surface area contributed by atoms with Crippen molar-refractivity contribution in [3.63, 3.8) is 0 Å². The summed E-state index contributed by atoms with van der Waals surface area (Å²) >= 11 is 5.84. The first-order chi connectivity index (χ1) is 11.9. The van der Waals surface area contributed by atoms with Gasteiger partial charge in [-0.2, -0.15) is 8.78 Å². The molecule has 2 rings (SSSR count). The zero-order valence-corrected chi connectivity index (χ0v) is 13.6. The van der Waals surface area contributed by atoms with E-state index in [0.29, 0.717) is 5.02 Å². The van der Waals surface area contributed by atoms with E-state index in [2.05, 4.69) is 10.1 Å². The van der Waals surface area contributed by atoms with Gasteiger partial charge in [0.05, 0.1) is 5.56 Å². The van der Waals surface area contributed by atoms with E-state index in [0.717, 1.165) is 5.56 Å². The van der Waals surface area contributed by atoms with E-state index in [-0.39, 0.29) is 17.9 Å². The lowest BCUT2D eigenvalue weighted by atomic mass is 10.2. The van der Waals surface area contributed by atoms with Crippen LogP contribution in [0.4, 0.5) is 8.78 Å². The number of hydrogen-bond acceptors (Lipinski definition) is 4. The Kier molecular flexibility index (Phi) is 6.71. The van der Waals surface area contributed by atoms with Crippen molar-refractivity contribution in [1.29, 1.82) is 0 Å². The predicted molar refractivity (Wildman–Crippen MR) is 86.7 cm³/mol. The standard InChI is InChI=1S/C17H14ClF2NO4/c18-13-3-1-2-11(8-13)9-21-15(22)10-24-16(23)12-4-6-14(7-5-12)25-17(19)20/h1-8,17H,9-10H2,(H,21,22). The van der Waals surface area contributed by atoms with Gasteiger partial charge in [-0.1, -0.05) is 23.7 Å². The fourth-order valence-corrected chi connectivity index (χ4v) is 2.10. The summed E-state index contributed by atoms with van der Waals surface area (Å²) in [4.78, 5) is 23.5. The lowest BCUT2D eigenvalue weighted by Crippen LogP contribution is -2.28. The topological polar surface area (TPSA) is 64.6 Å². The first-order valence-electron chi connectivity index (χ1n) is 7.17. The highest BCUT2D eigenvalue weighted by atomic mass is 35.5. The third-order valence-corrected chi connectivity index (χ3v) is 3.26. The van der Waals surface area contributed by atoms with E-state index in [4.69, 9.17) is 16.3 Å². The molecule has 5 nitrogen and oxygen atoms in total. The van der Waals surface area contributed by atoms with Crippen LogP contribution in [-0.2, 0) is 16.1 Å². The van der Waals surface area contributed by atoms with Gasteiger partial charge < -0.3 is 14.8 Å². The number of amides is 1. The summed E-state index contributed by atoms with van der Waals surface area (Å²) < 4.78 is 33.1. The highest BCUT2D eigenvalue weighted by Gasteiger charge is 2.11. The number of ether oxygens (including phenoxy) is 2. The van der Waals surface area contributed by atoms with E-state index >= 15 is 0 Å². The molecule has 25 heavy (non-hydrogen) atoms. The molecule has 1 amide bonds. The Bertz CT molecular complexity index is 738. The molecular formula is C17H14ClF2NO4. The number of carbonyl (C=O) groups excluding carboxylic acids is 2. The molecular weight excluding hydrogens is 356 g/mol. The molecule has 132 valence electrons. The van der Waals surface area contributed by atoms with E-state index < -0.39 is 25.1 Å². The van der Waals surface area contributed by atoms with Crippen molar-refractivity contribution in [2.24, 2.45) is 0 Å². The van der Waals surface area contributed by atoms with Crippen LogP contribution in [0.2, 0.25) is 5.02 Å². The van der Waals surface area contributed by atoms with Gasteiger partial charge in [0.15, 0.2) is 6.61 Å². The quantitative estimate of drug-likeness (QED) is 0.760. The van der Waals surface area contributed by atoms with E-state index in [1.807, 2.05) is 0 Å². The molecule has 0 unspecified atom stereocenters. The summed E-state index contributed by atoms with van der Waals surface area (Å²) in [5.41, 5.74) is 0.922. The van der Waals surface area contributed by atoms with Gasteiger partial charge in [0.1, 0.15) is 5.75 Å². The molecule has 8 heteroatoms. The summed E-state index contributed by atoms with van der Waals surface area (Å²) in [6.07, 6.45) is 0. The monoisotopic (exact) mass is 369 g/mol. The molecule has 0 saturated heterocycles. The molecule has 2 aromatic carbocycles. The third-order valence-electron chi connectivity index (χ3n) is 3.03. The van der Waals surface area contributed by atoms with Crippen LogP contribution in [-0.4, -0.2) is 25.1 Å². The van der Waals surface area contributed by atoms with Gasteiger partial charge in [-0.3, -0.25) is 4.79 Å². The van der Waals surface area contributed by atoms with Gasteiger partial charge in [0, 0.05) is 11.6 Å². The van der Waals surface area contributed by atoms with Crippen LogP contribution in [0.25, 0.3) is 0 Å².